The lowest BCUT2D eigenvalue weighted by Crippen LogP contribution is -2.50. The molecule has 0 spiro atoms. The number of ether oxygens (including phenoxy) is 3. The van der Waals surface area contributed by atoms with E-state index in [1.54, 1.807) is 0 Å². The molecule has 0 aromatic rings. The zero-order valence-corrected chi connectivity index (χ0v) is 41.4. The Morgan fingerprint density at radius 3 is 1.44 bits per heavy atom. The van der Waals surface area contributed by atoms with Gasteiger partial charge in [0.1, 0.15) is 6.61 Å². The second-order valence-corrected chi connectivity index (χ2v) is 17.8. The Morgan fingerprint density at radius 1 is 0.500 bits per heavy atom. The summed E-state index contributed by atoms with van der Waals surface area (Å²) in [6.07, 6.45) is 61.6. The van der Waals surface area contributed by atoms with E-state index in [0.717, 1.165) is 96.3 Å². The van der Waals surface area contributed by atoms with E-state index < -0.39 is 18.1 Å². The average Bonchev–Trinajstić information content (AvgIpc) is 3.26. The first-order valence-electron chi connectivity index (χ1n) is 25.3. The Hall–Kier alpha value is -3.75. The van der Waals surface area contributed by atoms with Gasteiger partial charge in [-0.3, -0.25) is 9.59 Å². The molecule has 8 nitrogen and oxygen atoms in total. The highest BCUT2D eigenvalue weighted by Gasteiger charge is 2.31. The van der Waals surface area contributed by atoms with Crippen LogP contribution in [0.15, 0.2) is 97.2 Å². The highest BCUT2D eigenvalue weighted by Crippen LogP contribution is 2.14. The summed E-state index contributed by atoms with van der Waals surface area (Å²) in [5.74, 6) is -1.51. The van der Waals surface area contributed by atoms with Gasteiger partial charge < -0.3 is 23.8 Å². The Kier molecular flexibility index (Phi) is 43.1. The van der Waals surface area contributed by atoms with Crippen LogP contribution in [-0.4, -0.2) is 80.6 Å². The van der Waals surface area contributed by atoms with Crippen molar-refractivity contribution in [1.29, 1.82) is 0 Å². The fourth-order valence-electron chi connectivity index (χ4n) is 6.92. The highest BCUT2D eigenvalue weighted by molar-refractivity contribution is 5.72. The molecule has 0 saturated carbocycles. The van der Waals surface area contributed by atoms with Gasteiger partial charge in [0.15, 0.2) is 12.1 Å². The molecule has 0 aliphatic heterocycles. The number of likely N-dealkylation sites (N-methyl/N-ethyl adjacent to an activating group) is 1. The first-order valence-corrected chi connectivity index (χ1v) is 25.3. The average molecular weight is 893 g/mol. The van der Waals surface area contributed by atoms with Crippen molar-refractivity contribution in [3.8, 4) is 0 Å². The number of carboxylic acids is 1. The number of quaternary nitrogens is 1. The molecule has 0 aromatic heterocycles. The van der Waals surface area contributed by atoms with Gasteiger partial charge in [-0.1, -0.05) is 188 Å². The van der Waals surface area contributed by atoms with Gasteiger partial charge in [0.25, 0.3) is 0 Å². The van der Waals surface area contributed by atoms with Crippen molar-refractivity contribution < 1.29 is 38.2 Å². The number of hydrogen-bond acceptors (Lipinski definition) is 6. The lowest BCUT2D eigenvalue weighted by molar-refractivity contribution is -0.887. The SMILES string of the molecule is CC/C=C/C/C=C/C/C=C/C/C=C/CCCCCCCCCCCC(=O)OCC(COCCC(C(=O)O)[N+](C)(C)C)OC(=O)CCCCCCC/C=C/C=C/C=C/C=C/CCCCC. The van der Waals surface area contributed by atoms with E-state index in [9.17, 15) is 19.5 Å². The lowest BCUT2D eigenvalue weighted by atomic mass is 10.1. The predicted octanol–water partition coefficient (Wildman–Crippen LogP) is 14.6. The van der Waals surface area contributed by atoms with Crippen molar-refractivity contribution in [2.75, 3.05) is 41.0 Å². The number of carboxylic acid groups (broad SMARTS) is 1. The molecule has 0 rings (SSSR count). The zero-order valence-electron chi connectivity index (χ0n) is 41.4. The number of rotatable bonds is 44. The fourth-order valence-corrected chi connectivity index (χ4v) is 6.92. The van der Waals surface area contributed by atoms with Crippen LogP contribution in [0.2, 0.25) is 0 Å². The van der Waals surface area contributed by atoms with Crippen LogP contribution in [0.25, 0.3) is 0 Å². The molecular formula is C56H94NO7+. The van der Waals surface area contributed by atoms with E-state index in [-0.39, 0.29) is 36.2 Å². The molecule has 0 heterocycles. The summed E-state index contributed by atoms with van der Waals surface area (Å²) in [7, 11) is 5.51. The molecule has 1 N–H and O–H groups in total. The maximum absolute atomic E-state index is 12.8. The third kappa shape index (κ3) is 43.5. The van der Waals surface area contributed by atoms with Crippen LogP contribution < -0.4 is 0 Å². The van der Waals surface area contributed by atoms with Crippen LogP contribution in [0.3, 0.4) is 0 Å². The monoisotopic (exact) mass is 893 g/mol. The number of allylic oxidation sites excluding steroid dienone is 16. The van der Waals surface area contributed by atoms with Crippen molar-refractivity contribution in [1.82, 2.24) is 0 Å². The minimum absolute atomic E-state index is 0.0438. The van der Waals surface area contributed by atoms with Crippen LogP contribution in [0, 0.1) is 0 Å². The molecule has 8 heteroatoms. The quantitative estimate of drug-likeness (QED) is 0.0214. The largest absolute Gasteiger partial charge is 0.477 e. The number of carbonyl (C=O) groups is 3. The summed E-state index contributed by atoms with van der Waals surface area (Å²) in [5.41, 5.74) is 0. The van der Waals surface area contributed by atoms with Crippen LogP contribution in [0.5, 0.6) is 0 Å². The maximum Gasteiger partial charge on any atom is 0.362 e. The minimum Gasteiger partial charge on any atom is -0.477 e. The van der Waals surface area contributed by atoms with Gasteiger partial charge in [-0.05, 0) is 77.0 Å². The molecule has 0 radical (unpaired) electrons. The topological polar surface area (TPSA) is 99.1 Å². The van der Waals surface area contributed by atoms with Gasteiger partial charge in [-0.15, -0.1) is 0 Å². The van der Waals surface area contributed by atoms with Gasteiger partial charge >= 0.3 is 17.9 Å². The van der Waals surface area contributed by atoms with Crippen molar-refractivity contribution in [2.24, 2.45) is 0 Å². The Balaban J connectivity index is 4.32. The van der Waals surface area contributed by atoms with Gasteiger partial charge in [-0.2, -0.15) is 0 Å². The summed E-state index contributed by atoms with van der Waals surface area (Å²) in [6, 6.07) is -0.626. The van der Waals surface area contributed by atoms with Gasteiger partial charge in [-0.25, -0.2) is 4.79 Å². The number of nitrogens with zero attached hydrogens (tertiary/aromatic N) is 1. The van der Waals surface area contributed by atoms with Crippen molar-refractivity contribution in [2.45, 2.75) is 199 Å². The standard InChI is InChI=1S/C56H93NO7/c1-6-8-10-12-14-16-18-20-22-24-26-27-28-29-31-32-34-36-38-40-42-44-46-54(58)63-51-52(50-62-49-48-53(56(60)61)57(3,4)5)64-55(59)47-45-43-41-39-37-35-33-30-25-23-21-19-17-15-13-11-9-7-2/h8,10,14-17,19-23,25-27,30,33,52-53H,6-7,9,11-13,18,24,28-29,31-32,34-51H2,1-5H3/p+1/b10-8+,16-14+,17-15+,21-19+,22-20+,25-23+,27-26+,33-30+. The number of carbonyl (C=O) groups excluding carboxylic acids is 2. The molecule has 0 aliphatic rings. The zero-order chi connectivity index (χ0) is 47.0. The fraction of sp³-hybridized carbons (Fsp3) is 0.661. The molecule has 0 bridgehead atoms. The Morgan fingerprint density at radius 2 is 0.938 bits per heavy atom. The molecule has 364 valence electrons. The molecule has 64 heavy (non-hydrogen) atoms. The molecule has 0 saturated heterocycles. The van der Waals surface area contributed by atoms with E-state index in [4.69, 9.17) is 14.2 Å². The Labute approximate surface area is 392 Å². The van der Waals surface area contributed by atoms with E-state index >= 15 is 0 Å². The molecule has 0 aliphatic carbocycles. The van der Waals surface area contributed by atoms with Gasteiger partial charge in [0, 0.05) is 19.3 Å². The number of hydrogen-bond donors (Lipinski definition) is 1. The summed E-state index contributed by atoms with van der Waals surface area (Å²) < 4.78 is 17.3. The second kappa shape index (κ2) is 45.8. The molecule has 0 fully saturated rings. The van der Waals surface area contributed by atoms with Crippen molar-refractivity contribution in [3.63, 3.8) is 0 Å². The smallest absolute Gasteiger partial charge is 0.362 e. The summed E-state index contributed by atoms with van der Waals surface area (Å²) >= 11 is 0. The van der Waals surface area contributed by atoms with Crippen LogP contribution in [0.1, 0.15) is 187 Å². The second-order valence-electron chi connectivity index (χ2n) is 17.8. The van der Waals surface area contributed by atoms with E-state index in [1.807, 2.05) is 21.1 Å². The Bertz CT molecular complexity index is 1360. The molecule has 0 amide bonds. The van der Waals surface area contributed by atoms with Gasteiger partial charge in [0.05, 0.1) is 34.4 Å². The van der Waals surface area contributed by atoms with E-state index in [2.05, 4.69) is 111 Å². The lowest BCUT2D eigenvalue weighted by Gasteiger charge is -2.31. The van der Waals surface area contributed by atoms with Crippen LogP contribution in [-0.2, 0) is 28.6 Å². The number of esters is 2. The molecular weight excluding hydrogens is 799 g/mol. The van der Waals surface area contributed by atoms with Crippen molar-refractivity contribution in [3.05, 3.63) is 97.2 Å². The minimum atomic E-state index is -0.883. The van der Waals surface area contributed by atoms with Crippen LogP contribution in [0.4, 0.5) is 0 Å². The number of aliphatic carboxylic acids is 1. The van der Waals surface area contributed by atoms with Crippen LogP contribution >= 0.6 is 0 Å². The number of unbranched alkanes of at least 4 members (excludes halogenated alkanes) is 17. The highest BCUT2D eigenvalue weighted by atomic mass is 16.6. The molecule has 2 atom stereocenters. The van der Waals surface area contributed by atoms with Crippen molar-refractivity contribution >= 4 is 17.9 Å². The van der Waals surface area contributed by atoms with Gasteiger partial charge in [0.2, 0.25) is 0 Å². The first kappa shape index (κ1) is 60.2. The summed E-state index contributed by atoms with van der Waals surface area (Å²) in [5, 5.41) is 9.65. The first-order chi connectivity index (χ1) is 31.1. The summed E-state index contributed by atoms with van der Waals surface area (Å²) in [4.78, 5) is 37.2. The molecule has 2 unspecified atom stereocenters. The third-order valence-corrected chi connectivity index (χ3v) is 10.8. The summed E-state index contributed by atoms with van der Waals surface area (Å²) in [6.45, 7) is 4.55. The van der Waals surface area contributed by atoms with E-state index in [1.165, 1.54) is 57.8 Å². The van der Waals surface area contributed by atoms with E-state index in [0.29, 0.717) is 19.3 Å². The normalized spacial score (nSPS) is 13.7. The predicted molar refractivity (Wildman–Crippen MR) is 270 cm³/mol. The molecule has 0 aromatic carbocycles. The third-order valence-electron chi connectivity index (χ3n) is 10.8. The maximum atomic E-state index is 12.8.